The number of phosphoric ester groups is 1. The Morgan fingerprint density at radius 2 is 1.03 bits per heavy atom. The van der Waals surface area contributed by atoms with Gasteiger partial charge >= 0.3 is 7.82 Å². The Kier molecular flexibility index (Phi) is 41.2. The lowest BCUT2D eigenvalue weighted by Gasteiger charge is -2.25. The van der Waals surface area contributed by atoms with Gasteiger partial charge in [-0.05, 0) is 71.1 Å². The smallest absolute Gasteiger partial charge is 0.387 e. The number of aliphatic hydroxyl groups is 1. The average Bonchev–Trinajstić information content (AvgIpc) is 3.20. The van der Waals surface area contributed by atoms with E-state index >= 15 is 0 Å². The Bertz CT molecular complexity index is 1160. The summed E-state index contributed by atoms with van der Waals surface area (Å²) in [4.78, 5) is 23.1. The minimum Gasteiger partial charge on any atom is -0.387 e. The zero-order chi connectivity index (χ0) is 44.3. The van der Waals surface area contributed by atoms with Crippen molar-refractivity contribution in [3.8, 4) is 0 Å². The molecule has 0 aromatic carbocycles. The standard InChI is InChI=1S/C51H95N2O6P/c1-6-8-10-12-14-16-17-18-19-20-21-22-23-24-25-26-27-28-29-30-31-32-33-34-35-37-39-41-43-45-51(55)52-49(48-59-60(56,57)58-47-46-53(3,4)5)50(54)44-42-40-38-36-15-13-11-9-7-2/h7,9,15,21-22,24-25,36,42,44,49-50,54H,6,8,10-14,16-20,23,26-35,37-41,43,45-48H2,1-5H3,(H-,52,55,56,57)/p+1/b9-7+,22-21-,25-24-,36-15+,44-42+. The molecule has 8 nitrogen and oxygen atoms in total. The Balaban J connectivity index is 4.07. The summed E-state index contributed by atoms with van der Waals surface area (Å²) in [5.41, 5.74) is 0. The lowest BCUT2D eigenvalue weighted by Crippen LogP contribution is -2.45. The van der Waals surface area contributed by atoms with Crippen LogP contribution < -0.4 is 5.32 Å². The van der Waals surface area contributed by atoms with Gasteiger partial charge in [0.05, 0.1) is 39.9 Å². The van der Waals surface area contributed by atoms with Crippen molar-refractivity contribution in [2.45, 2.75) is 219 Å². The lowest BCUT2D eigenvalue weighted by atomic mass is 10.0. The van der Waals surface area contributed by atoms with Gasteiger partial charge in [0.15, 0.2) is 0 Å². The monoisotopic (exact) mass is 864 g/mol. The van der Waals surface area contributed by atoms with Gasteiger partial charge in [-0.15, -0.1) is 0 Å². The molecule has 60 heavy (non-hydrogen) atoms. The van der Waals surface area contributed by atoms with Crippen LogP contribution in [0.3, 0.4) is 0 Å². The van der Waals surface area contributed by atoms with Crippen molar-refractivity contribution in [1.82, 2.24) is 5.32 Å². The van der Waals surface area contributed by atoms with Gasteiger partial charge in [-0.1, -0.05) is 190 Å². The van der Waals surface area contributed by atoms with Crippen LogP contribution in [0.25, 0.3) is 0 Å². The second kappa shape index (κ2) is 42.5. The SMILES string of the molecule is C/C=C/CC/C=C/CC/C=C/C(O)C(COP(=O)(O)OCC[N+](C)(C)C)NC(=O)CCCCCCCCCCCCCCC/C=C\C/C=C\CCCCCCCCCCC. The predicted octanol–water partition coefficient (Wildman–Crippen LogP) is 14.2. The molecule has 0 heterocycles. The van der Waals surface area contributed by atoms with Crippen LogP contribution in [0, 0.1) is 0 Å². The summed E-state index contributed by atoms with van der Waals surface area (Å²) in [7, 11) is 1.54. The quantitative estimate of drug-likeness (QED) is 0.0244. The molecule has 0 rings (SSSR count). The number of hydrogen-bond donors (Lipinski definition) is 3. The molecule has 0 bridgehead atoms. The zero-order valence-corrected chi connectivity index (χ0v) is 40.6. The third-order valence-corrected chi connectivity index (χ3v) is 11.8. The van der Waals surface area contributed by atoms with E-state index in [2.05, 4.69) is 54.8 Å². The van der Waals surface area contributed by atoms with E-state index in [1.54, 1.807) is 6.08 Å². The maximum absolute atomic E-state index is 12.9. The molecule has 0 saturated heterocycles. The Morgan fingerprint density at radius 3 is 1.52 bits per heavy atom. The van der Waals surface area contributed by atoms with Crippen molar-refractivity contribution >= 4 is 13.7 Å². The second-order valence-electron chi connectivity index (χ2n) is 17.8. The number of hydrogen-bond acceptors (Lipinski definition) is 5. The number of allylic oxidation sites excluding steroid dienone is 9. The molecule has 350 valence electrons. The van der Waals surface area contributed by atoms with Gasteiger partial charge in [-0.2, -0.15) is 0 Å². The van der Waals surface area contributed by atoms with Crippen molar-refractivity contribution in [2.75, 3.05) is 40.9 Å². The van der Waals surface area contributed by atoms with Crippen molar-refractivity contribution < 1.29 is 32.9 Å². The fraction of sp³-hybridized carbons (Fsp3) is 0.784. The summed E-state index contributed by atoms with van der Waals surface area (Å²) in [6.45, 7) is 4.54. The minimum absolute atomic E-state index is 0.0513. The third-order valence-electron chi connectivity index (χ3n) is 10.8. The van der Waals surface area contributed by atoms with E-state index in [4.69, 9.17) is 9.05 Å². The van der Waals surface area contributed by atoms with Gasteiger partial charge in [-0.3, -0.25) is 13.8 Å². The molecule has 3 N–H and O–H groups in total. The molecule has 0 radical (unpaired) electrons. The molecule has 1 amide bonds. The number of nitrogens with zero attached hydrogens (tertiary/aromatic N) is 1. The maximum Gasteiger partial charge on any atom is 0.472 e. The summed E-state index contributed by atoms with van der Waals surface area (Å²) in [5, 5.41) is 13.7. The number of quaternary nitrogens is 1. The zero-order valence-electron chi connectivity index (χ0n) is 39.7. The number of aliphatic hydroxyl groups excluding tert-OH is 1. The van der Waals surface area contributed by atoms with E-state index in [-0.39, 0.29) is 19.1 Å². The largest absolute Gasteiger partial charge is 0.472 e. The van der Waals surface area contributed by atoms with E-state index in [0.717, 1.165) is 51.4 Å². The molecule has 3 atom stereocenters. The Labute approximate surface area is 371 Å². The first-order valence-electron chi connectivity index (χ1n) is 24.6. The lowest BCUT2D eigenvalue weighted by molar-refractivity contribution is -0.870. The number of likely N-dealkylation sites (N-methyl/N-ethyl adjacent to an activating group) is 1. The third kappa shape index (κ3) is 44.3. The number of carbonyl (C=O) groups excluding carboxylic acids is 1. The molecule has 0 aliphatic rings. The average molecular weight is 864 g/mol. The van der Waals surface area contributed by atoms with Crippen molar-refractivity contribution in [1.29, 1.82) is 0 Å². The first-order chi connectivity index (χ1) is 29.0. The highest BCUT2D eigenvalue weighted by Crippen LogP contribution is 2.43. The summed E-state index contributed by atoms with van der Waals surface area (Å²) < 4.78 is 23.5. The number of amides is 1. The fourth-order valence-corrected chi connectivity index (χ4v) is 7.61. The van der Waals surface area contributed by atoms with E-state index in [1.807, 2.05) is 40.2 Å². The van der Waals surface area contributed by atoms with Crippen molar-refractivity contribution in [3.63, 3.8) is 0 Å². The molecule has 0 saturated carbocycles. The van der Waals surface area contributed by atoms with Crippen LogP contribution in [0.5, 0.6) is 0 Å². The molecule has 0 aromatic rings. The highest BCUT2D eigenvalue weighted by atomic mass is 31.2. The van der Waals surface area contributed by atoms with Crippen LogP contribution in [0.4, 0.5) is 0 Å². The highest BCUT2D eigenvalue weighted by molar-refractivity contribution is 7.47. The van der Waals surface area contributed by atoms with Gasteiger partial charge in [0, 0.05) is 6.42 Å². The van der Waals surface area contributed by atoms with Crippen LogP contribution in [-0.2, 0) is 18.4 Å². The molecular formula is C51H96N2O6P+. The van der Waals surface area contributed by atoms with Crippen molar-refractivity contribution in [3.05, 3.63) is 60.8 Å². The summed E-state index contributed by atoms with van der Waals surface area (Å²) in [6.07, 6.45) is 56.3. The number of unbranched alkanes of at least 4 members (excludes halogenated alkanes) is 24. The van der Waals surface area contributed by atoms with Gasteiger partial charge in [0.1, 0.15) is 13.2 Å². The Morgan fingerprint density at radius 1 is 0.600 bits per heavy atom. The van der Waals surface area contributed by atoms with E-state index in [1.165, 1.54) is 135 Å². The van der Waals surface area contributed by atoms with Gasteiger partial charge in [0.2, 0.25) is 5.91 Å². The molecule has 0 fully saturated rings. The first kappa shape index (κ1) is 58.2. The molecule has 0 spiro atoms. The normalized spacial score (nSPS) is 14.7. The van der Waals surface area contributed by atoms with E-state index in [9.17, 15) is 19.4 Å². The van der Waals surface area contributed by atoms with Gasteiger partial charge < -0.3 is 19.8 Å². The maximum atomic E-state index is 12.9. The number of nitrogens with one attached hydrogen (secondary N) is 1. The fourth-order valence-electron chi connectivity index (χ4n) is 6.88. The highest BCUT2D eigenvalue weighted by Gasteiger charge is 2.27. The van der Waals surface area contributed by atoms with Gasteiger partial charge in [-0.25, -0.2) is 4.57 Å². The van der Waals surface area contributed by atoms with Crippen LogP contribution >= 0.6 is 7.82 Å². The predicted molar refractivity (Wildman–Crippen MR) is 258 cm³/mol. The number of phosphoric acid groups is 1. The second-order valence-corrected chi connectivity index (χ2v) is 19.3. The topological polar surface area (TPSA) is 105 Å². The molecule has 0 aliphatic heterocycles. The number of carbonyl (C=O) groups is 1. The van der Waals surface area contributed by atoms with E-state index < -0.39 is 20.0 Å². The van der Waals surface area contributed by atoms with Crippen LogP contribution in [0.2, 0.25) is 0 Å². The summed E-state index contributed by atoms with van der Waals surface area (Å²) in [5.74, 6) is -0.197. The van der Waals surface area contributed by atoms with Crippen LogP contribution in [-0.4, -0.2) is 73.4 Å². The van der Waals surface area contributed by atoms with Crippen molar-refractivity contribution in [2.24, 2.45) is 0 Å². The van der Waals surface area contributed by atoms with E-state index in [0.29, 0.717) is 17.4 Å². The molecule has 9 heteroatoms. The molecule has 0 aromatic heterocycles. The van der Waals surface area contributed by atoms with Crippen LogP contribution in [0.1, 0.15) is 206 Å². The molecule has 0 aliphatic carbocycles. The van der Waals surface area contributed by atoms with Crippen LogP contribution in [0.15, 0.2) is 60.8 Å². The summed E-state index contributed by atoms with van der Waals surface area (Å²) >= 11 is 0. The Hall–Kier alpha value is -1.80. The number of rotatable bonds is 44. The van der Waals surface area contributed by atoms with Gasteiger partial charge in [0.25, 0.3) is 0 Å². The molecule has 3 unspecified atom stereocenters. The summed E-state index contributed by atoms with van der Waals surface area (Å²) in [6, 6.07) is -0.869. The molecular weight excluding hydrogens is 768 g/mol. The first-order valence-corrected chi connectivity index (χ1v) is 26.1. The minimum atomic E-state index is -4.35.